The van der Waals surface area contributed by atoms with Gasteiger partial charge in [-0.15, -0.1) is 0 Å². The SMILES string of the molecule is COCCCn1c(N/N=C\c2cccc(O)c2)nc2ccccc2c1=O. The van der Waals surface area contributed by atoms with Gasteiger partial charge in [0.15, 0.2) is 0 Å². The zero-order valence-corrected chi connectivity index (χ0v) is 14.4. The third-order valence-electron chi connectivity index (χ3n) is 3.84. The number of phenols is 1. The predicted molar refractivity (Wildman–Crippen MR) is 102 cm³/mol. The number of hydrogen-bond donors (Lipinski definition) is 2. The van der Waals surface area contributed by atoms with Crippen molar-refractivity contribution >= 4 is 23.1 Å². The number of hydrogen-bond acceptors (Lipinski definition) is 6. The molecule has 7 heteroatoms. The van der Waals surface area contributed by atoms with E-state index >= 15 is 0 Å². The number of aromatic hydroxyl groups is 1. The lowest BCUT2D eigenvalue weighted by atomic mass is 10.2. The number of phenolic OH excluding ortho intramolecular Hbond substituents is 1. The third kappa shape index (κ3) is 4.07. The summed E-state index contributed by atoms with van der Waals surface area (Å²) in [7, 11) is 1.63. The summed E-state index contributed by atoms with van der Waals surface area (Å²) in [6.45, 7) is 1.01. The smallest absolute Gasteiger partial charge is 0.262 e. The molecule has 0 bridgehead atoms. The van der Waals surface area contributed by atoms with E-state index in [1.807, 2.05) is 18.2 Å². The van der Waals surface area contributed by atoms with E-state index < -0.39 is 0 Å². The molecule has 0 saturated carbocycles. The molecule has 0 spiro atoms. The van der Waals surface area contributed by atoms with Gasteiger partial charge in [-0.05, 0) is 36.2 Å². The van der Waals surface area contributed by atoms with E-state index in [0.29, 0.717) is 36.4 Å². The summed E-state index contributed by atoms with van der Waals surface area (Å²) in [5.74, 6) is 0.524. The van der Waals surface area contributed by atoms with Crippen molar-refractivity contribution in [3.63, 3.8) is 0 Å². The molecule has 0 fully saturated rings. The molecule has 3 aromatic rings. The molecule has 0 radical (unpaired) electrons. The largest absolute Gasteiger partial charge is 0.508 e. The number of para-hydroxylation sites is 1. The highest BCUT2D eigenvalue weighted by Crippen LogP contribution is 2.12. The normalized spacial score (nSPS) is 11.3. The third-order valence-corrected chi connectivity index (χ3v) is 3.84. The molecule has 2 aromatic carbocycles. The van der Waals surface area contributed by atoms with Crippen molar-refractivity contribution in [2.24, 2.45) is 5.10 Å². The lowest BCUT2D eigenvalue weighted by molar-refractivity contribution is 0.190. The van der Waals surface area contributed by atoms with Crippen molar-refractivity contribution in [2.45, 2.75) is 13.0 Å². The van der Waals surface area contributed by atoms with E-state index in [0.717, 1.165) is 5.56 Å². The van der Waals surface area contributed by atoms with Crippen LogP contribution in [-0.2, 0) is 11.3 Å². The molecule has 0 aliphatic carbocycles. The fourth-order valence-corrected chi connectivity index (χ4v) is 2.60. The zero-order chi connectivity index (χ0) is 18.4. The second kappa shape index (κ2) is 8.26. The number of aromatic nitrogens is 2. The number of anilines is 1. The van der Waals surface area contributed by atoms with Gasteiger partial charge in [-0.3, -0.25) is 9.36 Å². The van der Waals surface area contributed by atoms with Crippen molar-refractivity contribution in [1.29, 1.82) is 0 Å². The first-order chi connectivity index (χ1) is 12.7. The van der Waals surface area contributed by atoms with Gasteiger partial charge in [-0.25, -0.2) is 10.4 Å². The highest BCUT2D eigenvalue weighted by Gasteiger charge is 2.10. The van der Waals surface area contributed by atoms with E-state index in [9.17, 15) is 9.90 Å². The molecule has 134 valence electrons. The Labute approximate surface area is 150 Å². The highest BCUT2D eigenvalue weighted by atomic mass is 16.5. The van der Waals surface area contributed by atoms with Crippen molar-refractivity contribution in [3.05, 3.63) is 64.4 Å². The van der Waals surface area contributed by atoms with Gasteiger partial charge in [0.25, 0.3) is 5.56 Å². The van der Waals surface area contributed by atoms with E-state index in [4.69, 9.17) is 4.74 Å². The summed E-state index contributed by atoms with van der Waals surface area (Å²) in [5, 5.41) is 14.2. The maximum atomic E-state index is 12.8. The Morgan fingerprint density at radius 2 is 2.12 bits per heavy atom. The maximum absolute atomic E-state index is 12.8. The van der Waals surface area contributed by atoms with Crippen LogP contribution in [-0.4, -0.2) is 34.6 Å². The minimum atomic E-state index is -0.123. The first-order valence-corrected chi connectivity index (χ1v) is 8.25. The van der Waals surface area contributed by atoms with Crippen LogP contribution in [0.25, 0.3) is 10.9 Å². The van der Waals surface area contributed by atoms with Crippen LogP contribution in [0.4, 0.5) is 5.95 Å². The van der Waals surface area contributed by atoms with Gasteiger partial charge in [0.05, 0.1) is 17.1 Å². The van der Waals surface area contributed by atoms with Gasteiger partial charge in [0, 0.05) is 20.3 Å². The lowest BCUT2D eigenvalue weighted by Crippen LogP contribution is -2.24. The maximum Gasteiger partial charge on any atom is 0.262 e. The molecule has 3 rings (SSSR count). The van der Waals surface area contributed by atoms with Gasteiger partial charge in [0.2, 0.25) is 5.95 Å². The first kappa shape index (κ1) is 17.6. The Bertz CT molecular complexity index is 982. The average Bonchev–Trinajstić information content (AvgIpc) is 2.64. The average molecular weight is 352 g/mol. The van der Waals surface area contributed by atoms with Crippen molar-refractivity contribution in [3.8, 4) is 5.75 Å². The molecular formula is C19H20N4O3. The number of benzene rings is 2. The van der Waals surface area contributed by atoms with E-state index in [-0.39, 0.29) is 11.3 Å². The molecule has 7 nitrogen and oxygen atoms in total. The summed E-state index contributed by atoms with van der Waals surface area (Å²) < 4.78 is 6.63. The topological polar surface area (TPSA) is 88.7 Å². The predicted octanol–water partition coefficient (Wildman–Crippen LogP) is 2.58. The number of nitrogens with zero attached hydrogens (tertiary/aromatic N) is 3. The quantitative estimate of drug-likeness (QED) is 0.388. The van der Waals surface area contributed by atoms with Crippen LogP contribution in [0.2, 0.25) is 0 Å². The van der Waals surface area contributed by atoms with Crippen LogP contribution in [0, 0.1) is 0 Å². The minimum absolute atomic E-state index is 0.123. The minimum Gasteiger partial charge on any atom is -0.508 e. The monoisotopic (exact) mass is 352 g/mol. The van der Waals surface area contributed by atoms with Crippen molar-refractivity contribution in [2.75, 3.05) is 19.1 Å². The van der Waals surface area contributed by atoms with Crippen molar-refractivity contribution in [1.82, 2.24) is 9.55 Å². The van der Waals surface area contributed by atoms with Crippen LogP contribution in [0.5, 0.6) is 5.75 Å². The number of ether oxygens (including phenoxy) is 1. The number of rotatable bonds is 7. The Kier molecular flexibility index (Phi) is 5.60. The van der Waals surface area contributed by atoms with Crippen LogP contribution in [0.15, 0.2) is 58.4 Å². The number of hydrazone groups is 1. The lowest BCUT2D eigenvalue weighted by Gasteiger charge is -2.12. The van der Waals surface area contributed by atoms with Crippen molar-refractivity contribution < 1.29 is 9.84 Å². The van der Waals surface area contributed by atoms with Crippen LogP contribution < -0.4 is 11.0 Å². The van der Waals surface area contributed by atoms with E-state index in [1.165, 1.54) is 0 Å². The molecule has 0 amide bonds. The summed E-state index contributed by atoms with van der Waals surface area (Å²) >= 11 is 0. The zero-order valence-electron chi connectivity index (χ0n) is 14.4. The number of methoxy groups -OCH3 is 1. The van der Waals surface area contributed by atoms with Gasteiger partial charge >= 0.3 is 0 Å². The summed E-state index contributed by atoms with van der Waals surface area (Å²) in [4.78, 5) is 17.3. The number of nitrogens with one attached hydrogen (secondary N) is 1. The molecule has 0 unspecified atom stereocenters. The molecule has 1 heterocycles. The molecule has 26 heavy (non-hydrogen) atoms. The van der Waals surface area contributed by atoms with Gasteiger partial charge < -0.3 is 9.84 Å². The second-order valence-corrected chi connectivity index (χ2v) is 5.72. The Hall–Kier alpha value is -3.19. The Morgan fingerprint density at radius 1 is 1.27 bits per heavy atom. The molecule has 2 N–H and O–H groups in total. The molecular weight excluding hydrogens is 332 g/mol. The molecule has 0 aliphatic heterocycles. The summed E-state index contributed by atoms with van der Waals surface area (Å²) in [5.41, 5.74) is 4.05. The van der Waals surface area contributed by atoms with E-state index in [2.05, 4.69) is 15.5 Å². The number of fused-ring (bicyclic) bond motifs is 1. The molecule has 1 aromatic heterocycles. The highest BCUT2D eigenvalue weighted by molar-refractivity contribution is 5.81. The van der Waals surface area contributed by atoms with Gasteiger partial charge in [-0.1, -0.05) is 24.3 Å². The first-order valence-electron chi connectivity index (χ1n) is 8.25. The fraction of sp³-hybridized carbons (Fsp3) is 0.211. The van der Waals surface area contributed by atoms with E-state index in [1.54, 1.807) is 48.2 Å². The van der Waals surface area contributed by atoms with Gasteiger partial charge in [0.1, 0.15) is 5.75 Å². The Morgan fingerprint density at radius 3 is 2.92 bits per heavy atom. The molecule has 0 aliphatic rings. The second-order valence-electron chi connectivity index (χ2n) is 5.72. The van der Waals surface area contributed by atoms with Gasteiger partial charge in [-0.2, -0.15) is 5.10 Å². The standard InChI is InChI=1S/C19H20N4O3/c1-26-11-5-10-23-18(25)16-8-2-3-9-17(16)21-19(23)22-20-13-14-6-4-7-15(24)12-14/h2-4,6-9,12-13,24H,5,10-11H2,1H3,(H,21,22)/b20-13-. The van der Waals surface area contributed by atoms with Crippen LogP contribution in [0.3, 0.4) is 0 Å². The van der Waals surface area contributed by atoms with Crippen LogP contribution in [0.1, 0.15) is 12.0 Å². The van der Waals surface area contributed by atoms with Crippen LogP contribution >= 0.6 is 0 Å². The molecule has 0 saturated heterocycles. The fourth-order valence-electron chi connectivity index (χ4n) is 2.60. The summed E-state index contributed by atoms with van der Waals surface area (Å²) in [6.07, 6.45) is 2.24. The Balaban J connectivity index is 1.92. The molecule has 0 atom stereocenters. The summed E-state index contributed by atoms with van der Waals surface area (Å²) in [6, 6.07) is 13.9.